The van der Waals surface area contributed by atoms with Gasteiger partial charge in [0.05, 0.1) is 11.0 Å². The number of hydrogen-bond donors (Lipinski definition) is 1. The van der Waals surface area contributed by atoms with E-state index in [1.165, 1.54) is 30.6 Å². The first-order chi connectivity index (χ1) is 9.74. The monoisotopic (exact) mass is 291 g/mol. The van der Waals surface area contributed by atoms with Crippen LogP contribution in [-0.2, 0) is 6.54 Å². The zero-order valence-corrected chi connectivity index (χ0v) is 12.7. The van der Waals surface area contributed by atoms with Crippen LogP contribution in [0.25, 0.3) is 11.0 Å². The highest BCUT2D eigenvalue weighted by Crippen LogP contribution is 2.39. The number of imidazole rings is 1. The molecule has 1 aliphatic rings. The summed E-state index contributed by atoms with van der Waals surface area (Å²) in [5.41, 5.74) is 8.17. The molecule has 0 amide bonds. The number of halogens is 1. The van der Waals surface area contributed by atoms with Crippen molar-refractivity contribution >= 4 is 22.6 Å². The van der Waals surface area contributed by atoms with Crippen LogP contribution in [0.2, 0.25) is 5.02 Å². The van der Waals surface area contributed by atoms with Gasteiger partial charge in [-0.25, -0.2) is 4.98 Å². The highest BCUT2D eigenvalue weighted by molar-refractivity contribution is 6.31. The molecule has 20 heavy (non-hydrogen) atoms. The summed E-state index contributed by atoms with van der Waals surface area (Å²) in [6.07, 6.45) is 4.82. The lowest BCUT2D eigenvalue weighted by Crippen LogP contribution is -2.20. The van der Waals surface area contributed by atoms with Gasteiger partial charge in [0.15, 0.2) is 0 Å². The Morgan fingerprint density at radius 1 is 1.40 bits per heavy atom. The van der Waals surface area contributed by atoms with Crippen LogP contribution < -0.4 is 5.73 Å². The fourth-order valence-electron chi connectivity index (χ4n) is 3.52. The van der Waals surface area contributed by atoms with Gasteiger partial charge in [-0.3, -0.25) is 0 Å². The minimum Gasteiger partial charge on any atom is -0.330 e. The van der Waals surface area contributed by atoms with Crippen molar-refractivity contribution in [1.82, 2.24) is 9.55 Å². The Morgan fingerprint density at radius 2 is 2.25 bits per heavy atom. The van der Waals surface area contributed by atoms with Crippen LogP contribution >= 0.6 is 11.6 Å². The molecule has 1 aliphatic carbocycles. The highest BCUT2D eigenvalue weighted by Gasteiger charge is 2.31. The number of benzene rings is 1. The van der Waals surface area contributed by atoms with Gasteiger partial charge in [-0.2, -0.15) is 0 Å². The molecule has 108 valence electrons. The Hall–Kier alpha value is -1.06. The third kappa shape index (κ3) is 2.33. The highest BCUT2D eigenvalue weighted by atomic mass is 35.5. The molecule has 3 rings (SSSR count). The smallest absolute Gasteiger partial charge is 0.113 e. The zero-order valence-electron chi connectivity index (χ0n) is 12.0. The maximum Gasteiger partial charge on any atom is 0.113 e. The Labute approximate surface area is 125 Å². The zero-order chi connectivity index (χ0) is 14.1. The van der Waals surface area contributed by atoms with Crippen molar-refractivity contribution in [2.24, 2.45) is 11.7 Å². The van der Waals surface area contributed by atoms with Crippen molar-refractivity contribution in [3.63, 3.8) is 0 Å². The summed E-state index contributed by atoms with van der Waals surface area (Å²) in [7, 11) is 0. The van der Waals surface area contributed by atoms with Crippen molar-refractivity contribution in [3.8, 4) is 0 Å². The number of fused-ring (bicyclic) bond motifs is 1. The summed E-state index contributed by atoms with van der Waals surface area (Å²) in [6, 6.07) is 6.02. The number of nitrogens with zero attached hydrogens (tertiary/aromatic N) is 2. The molecule has 2 atom stereocenters. The van der Waals surface area contributed by atoms with Crippen molar-refractivity contribution in [2.45, 2.75) is 45.1 Å². The molecule has 1 aromatic heterocycles. The van der Waals surface area contributed by atoms with Gasteiger partial charge in [0.2, 0.25) is 0 Å². The number of hydrogen-bond acceptors (Lipinski definition) is 2. The van der Waals surface area contributed by atoms with E-state index in [-0.39, 0.29) is 0 Å². The standard InChI is InChI=1S/C16H22ClN3/c1-2-8-20-15-7-6-12(17)9-14(15)19-16(20)13-5-3-4-11(13)10-18/h6-7,9,11,13H,2-5,8,10,18H2,1H3. The van der Waals surface area contributed by atoms with E-state index in [4.69, 9.17) is 22.3 Å². The lowest BCUT2D eigenvalue weighted by molar-refractivity contribution is 0.459. The fraction of sp³-hybridized carbons (Fsp3) is 0.562. The van der Waals surface area contributed by atoms with Gasteiger partial charge in [-0.15, -0.1) is 0 Å². The van der Waals surface area contributed by atoms with Crippen molar-refractivity contribution < 1.29 is 0 Å². The summed E-state index contributed by atoms with van der Waals surface area (Å²) in [4.78, 5) is 4.90. The fourth-order valence-corrected chi connectivity index (χ4v) is 3.69. The Kier molecular flexibility index (Phi) is 3.99. The van der Waals surface area contributed by atoms with Gasteiger partial charge in [0.25, 0.3) is 0 Å². The van der Waals surface area contributed by atoms with Gasteiger partial charge in [0, 0.05) is 17.5 Å². The molecule has 0 bridgehead atoms. The SMILES string of the molecule is CCCn1c(C2CCCC2CN)nc2cc(Cl)ccc21. The minimum atomic E-state index is 0.512. The predicted octanol–water partition coefficient (Wildman–Crippen LogP) is 3.94. The Morgan fingerprint density at radius 3 is 3.00 bits per heavy atom. The lowest BCUT2D eigenvalue weighted by Gasteiger charge is -2.19. The van der Waals surface area contributed by atoms with Crippen LogP contribution in [0.3, 0.4) is 0 Å². The minimum absolute atomic E-state index is 0.512. The maximum atomic E-state index is 6.10. The quantitative estimate of drug-likeness (QED) is 0.927. The third-order valence-corrected chi connectivity index (χ3v) is 4.72. The number of aryl methyl sites for hydroxylation is 1. The molecule has 0 radical (unpaired) electrons. The van der Waals surface area contributed by atoms with Crippen molar-refractivity contribution in [3.05, 3.63) is 29.0 Å². The Bertz CT molecular complexity index is 605. The van der Waals surface area contributed by atoms with Crippen LogP contribution in [0.1, 0.15) is 44.3 Å². The van der Waals surface area contributed by atoms with Crippen LogP contribution in [0.15, 0.2) is 18.2 Å². The number of aromatic nitrogens is 2. The number of nitrogens with two attached hydrogens (primary N) is 1. The van der Waals surface area contributed by atoms with E-state index in [0.717, 1.165) is 30.0 Å². The topological polar surface area (TPSA) is 43.8 Å². The third-order valence-electron chi connectivity index (χ3n) is 4.48. The normalized spacial score (nSPS) is 22.8. The van der Waals surface area contributed by atoms with Crippen LogP contribution in [0, 0.1) is 5.92 Å². The average molecular weight is 292 g/mol. The van der Waals surface area contributed by atoms with Crippen LogP contribution in [-0.4, -0.2) is 16.1 Å². The van der Waals surface area contributed by atoms with Gasteiger partial charge in [-0.05, 0) is 49.9 Å². The predicted molar refractivity (Wildman–Crippen MR) is 84.2 cm³/mol. The number of rotatable bonds is 4. The summed E-state index contributed by atoms with van der Waals surface area (Å²) < 4.78 is 2.38. The average Bonchev–Trinajstić information content (AvgIpc) is 3.03. The van der Waals surface area contributed by atoms with Gasteiger partial charge < -0.3 is 10.3 Å². The molecule has 0 saturated heterocycles. The van der Waals surface area contributed by atoms with E-state index in [1.807, 2.05) is 12.1 Å². The second kappa shape index (κ2) is 5.74. The molecule has 1 saturated carbocycles. The van der Waals surface area contributed by atoms with Crippen molar-refractivity contribution in [2.75, 3.05) is 6.54 Å². The lowest BCUT2D eigenvalue weighted by atomic mass is 9.95. The molecule has 4 heteroatoms. The molecule has 2 aromatic rings. The summed E-state index contributed by atoms with van der Waals surface area (Å²) >= 11 is 6.10. The van der Waals surface area contributed by atoms with E-state index < -0.39 is 0 Å². The summed E-state index contributed by atoms with van der Waals surface area (Å²) in [6.45, 7) is 3.99. The molecule has 0 spiro atoms. The van der Waals surface area contributed by atoms with Crippen LogP contribution in [0.5, 0.6) is 0 Å². The van der Waals surface area contributed by atoms with Gasteiger partial charge >= 0.3 is 0 Å². The van der Waals surface area contributed by atoms with Crippen molar-refractivity contribution in [1.29, 1.82) is 0 Å². The Balaban J connectivity index is 2.11. The van der Waals surface area contributed by atoms with Gasteiger partial charge in [-0.1, -0.05) is 24.9 Å². The molecule has 2 N–H and O–H groups in total. The van der Waals surface area contributed by atoms with E-state index in [0.29, 0.717) is 11.8 Å². The molecular formula is C16H22ClN3. The summed E-state index contributed by atoms with van der Waals surface area (Å²) in [5, 5.41) is 0.756. The molecule has 3 nitrogen and oxygen atoms in total. The molecule has 1 heterocycles. The molecule has 1 aromatic carbocycles. The van der Waals surface area contributed by atoms with E-state index in [2.05, 4.69) is 17.6 Å². The first-order valence-electron chi connectivity index (χ1n) is 7.60. The second-order valence-corrected chi connectivity index (χ2v) is 6.22. The van der Waals surface area contributed by atoms with E-state index in [1.54, 1.807) is 0 Å². The first kappa shape index (κ1) is 13.9. The maximum absolute atomic E-state index is 6.10. The molecule has 0 aliphatic heterocycles. The largest absolute Gasteiger partial charge is 0.330 e. The molecule has 2 unspecified atom stereocenters. The second-order valence-electron chi connectivity index (χ2n) is 5.79. The van der Waals surface area contributed by atoms with Gasteiger partial charge in [0.1, 0.15) is 5.82 Å². The van der Waals surface area contributed by atoms with Crippen LogP contribution in [0.4, 0.5) is 0 Å². The summed E-state index contributed by atoms with van der Waals surface area (Å²) in [5.74, 6) is 2.31. The first-order valence-corrected chi connectivity index (χ1v) is 7.98. The van der Waals surface area contributed by atoms with E-state index >= 15 is 0 Å². The molecular weight excluding hydrogens is 270 g/mol. The van der Waals surface area contributed by atoms with E-state index in [9.17, 15) is 0 Å². The molecule has 1 fully saturated rings.